The van der Waals surface area contributed by atoms with Gasteiger partial charge < -0.3 is 0 Å². The molecule has 1 aromatic carbocycles. The summed E-state index contributed by atoms with van der Waals surface area (Å²) in [4.78, 5) is 24.5. The van der Waals surface area contributed by atoms with Crippen LogP contribution in [0.25, 0.3) is 11.3 Å². The second-order valence-corrected chi connectivity index (χ2v) is 4.31. The first-order chi connectivity index (χ1) is 9.69. The maximum absolute atomic E-state index is 12.4. The molecule has 0 spiro atoms. The van der Waals surface area contributed by atoms with Gasteiger partial charge in [-0.05, 0) is 5.56 Å². The van der Waals surface area contributed by atoms with Crippen molar-refractivity contribution in [2.24, 2.45) is 0 Å². The lowest BCUT2D eigenvalue weighted by Gasteiger charge is -2.13. The van der Waals surface area contributed by atoms with Gasteiger partial charge >= 0.3 is 5.69 Å². The van der Waals surface area contributed by atoms with Gasteiger partial charge in [0.15, 0.2) is 0 Å². The molecule has 1 heterocycles. The van der Waals surface area contributed by atoms with E-state index in [1.807, 2.05) is 30.3 Å². The van der Waals surface area contributed by atoms with E-state index >= 15 is 0 Å². The number of hydrogen-bond donors (Lipinski definition) is 0. The van der Waals surface area contributed by atoms with Gasteiger partial charge in [0.1, 0.15) is 0 Å². The lowest BCUT2D eigenvalue weighted by atomic mass is 10.1. The second kappa shape index (κ2) is 6.02. The van der Waals surface area contributed by atoms with Crippen LogP contribution < -0.4 is 11.2 Å². The van der Waals surface area contributed by atoms with Crippen molar-refractivity contribution in [2.45, 2.75) is 13.1 Å². The Balaban J connectivity index is 2.75. The molecule has 0 saturated carbocycles. The lowest BCUT2D eigenvalue weighted by Crippen LogP contribution is -2.39. The predicted octanol–water partition coefficient (Wildman–Crippen LogP) is 2.05. The zero-order valence-corrected chi connectivity index (χ0v) is 11.2. The van der Waals surface area contributed by atoms with Crippen LogP contribution in [0.3, 0.4) is 0 Å². The lowest BCUT2D eigenvalue weighted by molar-refractivity contribution is 0.631. The number of hydrogen-bond acceptors (Lipinski definition) is 2. The fourth-order valence-corrected chi connectivity index (χ4v) is 2.07. The van der Waals surface area contributed by atoms with Gasteiger partial charge in [0.05, 0.1) is 5.69 Å². The number of rotatable bonds is 5. The second-order valence-electron chi connectivity index (χ2n) is 4.31. The Kier molecular flexibility index (Phi) is 4.15. The molecule has 0 radical (unpaired) electrons. The van der Waals surface area contributed by atoms with Crippen LogP contribution in [0.15, 0.2) is 71.3 Å². The van der Waals surface area contributed by atoms with Gasteiger partial charge in [-0.25, -0.2) is 4.79 Å². The zero-order chi connectivity index (χ0) is 14.5. The van der Waals surface area contributed by atoms with Gasteiger partial charge in [-0.3, -0.25) is 13.9 Å². The third-order valence-corrected chi connectivity index (χ3v) is 2.97. The van der Waals surface area contributed by atoms with Crippen LogP contribution >= 0.6 is 0 Å². The van der Waals surface area contributed by atoms with Crippen molar-refractivity contribution in [1.29, 1.82) is 0 Å². The Morgan fingerprint density at radius 2 is 1.55 bits per heavy atom. The number of benzene rings is 1. The molecule has 0 aliphatic rings. The topological polar surface area (TPSA) is 44.0 Å². The van der Waals surface area contributed by atoms with E-state index in [1.54, 1.807) is 6.08 Å². The summed E-state index contributed by atoms with van der Waals surface area (Å²) in [7, 11) is 0. The van der Waals surface area contributed by atoms with E-state index < -0.39 is 0 Å². The highest BCUT2D eigenvalue weighted by molar-refractivity contribution is 5.58. The van der Waals surface area contributed by atoms with Gasteiger partial charge in [-0.1, -0.05) is 42.5 Å². The van der Waals surface area contributed by atoms with Crippen LogP contribution in [-0.4, -0.2) is 9.13 Å². The van der Waals surface area contributed by atoms with Crippen LogP contribution in [0.2, 0.25) is 0 Å². The molecule has 4 heteroatoms. The Labute approximate surface area is 116 Å². The molecule has 0 atom stereocenters. The Hall–Kier alpha value is -2.62. The molecule has 0 N–H and O–H groups in total. The SMILES string of the molecule is C=CCn1c(-c2ccccc2)cc(=O)n(CC=C)c1=O. The number of nitrogens with zero attached hydrogens (tertiary/aromatic N) is 2. The van der Waals surface area contributed by atoms with Gasteiger partial charge in [0.25, 0.3) is 5.56 Å². The fourth-order valence-electron chi connectivity index (χ4n) is 2.07. The van der Waals surface area contributed by atoms with Crippen molar-refractivity contribution in [3.8, 4) is 11.3 Å². The zero-order valence-electron chi connectivity index (χ0n) is 11.2. The van der Waals surface area contributed by atoms with Gasteiger partial charge in [-0.15, -0.1) is 13.2 Å². The van der Waals surface area contributed by atoms with E-state index in [4.69, 9.17) is 0 Å². The Morgan fingerprint density at radius 3 is 2.15 bits per heavy atom. The molecule has 0 fully saturated rings. The molecule has 0 aliphatic carbocycles. The molecule has 0 saturated heterocycles. The molecule has 0 unspecified atom stereocenters. The third kappa shape index (κ3) is 2.54. The molecule has 1 aromatic heterocycles. The molecule has 2 rings (SSSR count). The van der Waals surface area contributed by atoms with E-state index in [0.717, 1.165) is 10.1 Å². The van der Waals surface area contributed by atoms with E-state index in [0.29, 0.717) is 12.2 Å². The van der Waals surface area contributed by atoms with E-state index in [-0.39, 0.29) is 17.8 Å². The minimum Gasteiger partial charge on any atom is -0.289 e. The minimum absolute atomic E-state index is 0.198. The smallest absolute Gasteiger partial charge is 0.289 e. The van der Waals surface area contributed by atoms with Crippen molar-refractivity contribution in [1.82, 2.24) is 9.13 Å². The van der Waals surface area contributed by atoms with Gasteiger partial charge in [0, 0.05) is 19.2 Å². The van der Waals surface area contributed by atoms with E-state index in [9.17, 15) is 9.59 Å². The van der Waals surface area contributed by atoms with Crippen LogP contribution in [0.1, 0.15) is 0 Å². The molecular weight excluding hydrogens is 252 g/mol. The van der Waals surface area contributed by atoms with Crippen LogP contribution in [0.4, 0.5) is 0 Å². The predicted molar refractivity (Wildman–Crippen MR) is 80.8 cm³/mol. The summed E-state index contributed by atoms with van der Waals surface area (Å²) in [6, 6.07) is 10.8. The summed E-state index contributed by atoms with van der Waals surface area (Å²) in [6.07, 6.45) is 3.17. The average Bonchev–Trinajstić information content (AvgIpc) is 2.47. The summed E-state index contributed by atoms with van der Waals surface area (Å²) in [5.74, 6) is 0. The maximum Gasteiger partial charge on any atom is 0.332 e. The third-order valence-electron chi connectivity index (χ3n) is 2.97. The van der Waals surface area contributed by atoms with E-state index in [2.05, 4.69) is 13.2 Å². The standard InChI is InChI=1S/C16H16N2O2/c1-3-10-17-14(13-8-6-5-7-9-13)12-15(19)18(11-4-2)16(17)20/h3-9,12H,1-2,10-11H2. The minimum atomic E-state index is -0.351. The highest BCUT2D eigenvalue weighted by Gasteiger charge is 2.11. The van der Waals surface area contributed by atoms with Crippen molar-refractivity contribution in [3.63, 3.8) is 0 Å². The first-order valence-electron chi connectivity index (χ1n) is 6.31. The summed E-state index contributed by atoms with van der Waals surface area (Å²) < 4.78 is 2.69. The van der Waals surface area contributed by atoms with Crippen LogP contribution in [-0.2, 0) is 13.1 Å². The van der Waals surface area contributed by atoms with Crippen LogP contribution in [0, 0.1) is 0 Å². The average molecular weight is 268 g/mol. The molecule has 4 nitrogen and oxygen atoms in total. The quantitative estimate of drug-likeness (QED) is 0.779. The Bertz CT molecular complexity index is 739. The molecule has 0 aliphatic heterocycles. The van der Waals surface area contributed by atoms with Crippen molar-refractivity contribution in [3.05, 3.63) is 82.5 Å². The number of aromatic nitrogens is 2. The monoisotopic (exact) mass is 268 g/mol. The first kappa shape index (κ1) is 13.8. The molecular formula is C16H16N2O2. The molecule has 0 amide bonds. The van der Waals surface area contributed by atoms with E-state index in [1.165, 1.54) is 16.7 Å². The normalized spacial score (nSPS) is 10.2. The maximum atomic E-state index is 12.4. The molecule has 102 valence electrons. The highest BCUT2D eigenvalue weighted by Crippen LogP contribution is 2.15. The van der Waals surface area contributed by atoms with Crippen molar-refractivity contribution >= 4 is 0 Å². The first-order valence-corrected chi connectivity index (χ1v) is 6.31. The fraction of sp³-hybridized carbons (Fsp3) is 0.125. The summed E-state index contributed by atoms with van der Waals surface area (Å²) >= 11 is 0. The molecule has 0 bridgehead atoms. The largest absolute Gasteiger partial charge is 0.332 e. The summed E-state index contributed by atoms with van der Waals surface area (Å²) in [5, 5.41) is 0. The van der Waals surface area contributed by atoms with Gasteiger partial charge in [-0.2, -0.15) is 0 Å². The van der Waals surface area contributed by atoms with Gasteiger partial charge in [0.2, 0.25) is 0 Å². The number of allylic oxidation sites excluding steroid dienone is 2. The van der Waals surface area contributed by atoms with Crippen molar-refractivity contribution < 1.29 is 0 Å². The summed E-state index contributed by atoms with van der Waals surface area (Å²) in [6.45, 7) is 7.78. The summed E-state index contributed by atoms with van der Waals surface area (Å²) in [5.41, 5.74) is 0.750. The molecule has 2 aromatic rings. The van der Waals surface area contributed by atoms with Crippen LogP contribution in [0.5, 0.6) is 0 Å². The molecule has 20 heavy (non-hydrogen) atoms. The Morgan fingerprint density at radius 1 is 0.950 bits per heavy atom. The highest BCUT2D eigenvalue weighted by atomic mass is 16.2. The van der Waals surface area contributed by atoms with Crippen molar-refractivity contribution in [2.75, 3.05) is 0 Å².